The van der Waals surface area contributed by atoms with Gasteiger partial charge in [0.15, 0.2) is 0 Å². The zero-order chi connectivity index (χ0) is 14.7. The lowest BCUT2D eigenvalue weighted by atomic mass is 10.1. The number of thiazole rings is 1. The Hall–Kier alpha value is -1.64. The highest BCUT2D eigenvalue weighted by molar-refractivity contribution is 7.15. The molecule has 0 aliphatic carbocycles. The fourth-order valence-corrected chi connectivity index (χ4v) is 3.50. The number of hydrogen-bond donors (Lipinski definition) is 0. The largest absolute Gasteiger partial charge is 0.236 e. The molecule has 0 aliphatic heterocycles. The van der Waals surface area contributed by atoms with Crippen molar-refractivity contribution in [1.29, 1.82) is 0 Å². The number of halogens is 1. The van der Waals surface area contributed by atoms with E-state index in [1.54, 1.807) is 11.3 Å². The summed E-state index contributed by atoms with van der Waals surface area (Å²) in [7, 11) is 0. The summed E-state index contributed by atoms with van der Waals surface area (Å²) in [5, 5.41) is 1.03. The van der Waals surface area contributed by atoms with Gasteiger partial charge in [-0.25, -0.2) is 4.98 Å². The maximum Gasteiger partial charge on any atom is 0.124 e. The lowest BCUT2D eigenvalue weighted by Crippen LogP contribution is -1.83. The van der Waals surface area contributed by atoms with Gasteiger partial charge in [0.05, 0.1) is 11.6 Å². The number of benzene rings is 2. The molecule has 0 amide bonds. The number of aromatic nitrogens is 1. The summed E-state index contributed by atoms with van der Waals surface area (Å²) in [4.78, 5) is 5.93. The van der Waals surface area contributed by atoms with E-state index >= 15 is 0 Å². The third-order valence-corrected chi connectivity index (χ3v) is 5.01. The molecule has 106 valence electrons. The maximum atomic E-state index is 6.10. The fraction of sp³-hybridized carbons (Fsp3) is 0.167. The molecule has 1 nitrogen and oxygen atoms in total. The lowest BCUT2D eigenvalue weighted by molar-refractivity contribution is 1.14. The van der Waals surface area contributed by atoms with E-state index in [2.05, 4.69) is 43.3 Å². The second kappa shape index (κ2) is 6.42. The summed E-state index contributed by atoms with van der Waals surface area (Å²) in [5.74, 6) is 0.495. The molecule has 21 heavy (non-hydrogen) atoms. The average Bonchev–Trinajstić information content (AvgIpc) is 3.00. The molecule has 0 unspecified atom stereocenters. The van der Waals surface area contributed by atoms with Crippen molar-refractivity contribution in [2.24, 2.45) is 0 Å². The number of alkyl halides is 1. The van der Waals surface area contributed by atoms with E-state index in [0.717, 1.165) is 33.1 Å². The lowest BCUT2D eigenvalue weighted by Gasteiger charge is -1.99. The Morgan fingerprint density at radius 2 is 1.67 bits per heavy atom. The Balaban J connectivity index is 2.02. The second-order valence-corrected chi connectivity index (χ2v) is 6.19. The van der Waals surface area contributed by atoms with Crippen LogP contribution in [0.2, 0.25) is 0 Å². The molecule has 0 saturated heterocycles. The Bertz CT molecular complexity index is 717. The number of aryl methyl sites for hydroxylation is 1. The van der Waals surface area contributed by atoms with Crippen LogP contribution in [0.25, 0.3) is 21.8 Å². The molecule has 2 aromatic carbocycles. The molecule has 1 heterocycles. The summed E-state index contributed by atoms with van der Waals surface area (Å²) < 4.78 is 0. The van der Waals surface area contributed by atoms with Crippen molar-refractivity contribution in [2.45, 2.75) is 19.2 Å². The average molecular weight is 314 g/mol. The van der Waals surface area contributed by atoms with Gasteiger partial charge in [0.2, 0.25) is 0 Å². The van der Waals surface area contributed by atoms with Crippen LogP contribution in [-0.2, 0) is 12.3 Å². The molecular weight excluding hydrogens is 298 g/mol. The van der Waals surface area contributed by atoms with E-state index < -0.39 is 0 Å². The standard InChI is InChI=1S/C18H16ClNS/c1-2-13-8-10-15(11-9-13)18-20-17(16(12-19)21-18)14-6-4-3-5-7-14/h3-11H,2,12H2,1H3. The topological polar surface area (TPSA) is 12.9 Å². The Kier molecular flexibility index (Phi) is 4.37. The molecular formula is C18H16ClNS. The highest BCUT2D eigenvalue weighted by atomic mass is 35.5. The van der Waals surface area contributed by atoms with Crippen LogP contribution in [0.15, 0.2) is 54.6 Å². The van der Waals surface area contributed by atoms with Crippen molar-refractivity contribution in [3.8, 4) is 21.8 Å². The van der Waals surface area contributed by atoms with Gasteiger partial charge in [-0.15, -0.1) is 22.9 Å². The van der Waals surface area contributed by atoms with Crippen LogP contribution >= 0.6 is 22.9 Å². The Morgan fingerprint density at radius 3 is 2.29 bits per heavy atom. The van der Waals surface area contributed by atoms with Gasteiger partial charge in [0.1, 0.15) is 5.01 Å². The number of rotatable bonds is 4. The third kappa shape index (κ3) is 3.02. The molecule has 3 aromatic rings. The molecule has 0 spiro atoms. The minimum absolute atomic E-state index is 0.495. The molecule has 0 saturated carbocycles. The van der Waals surface area contributed by atoms with Crippen molar-refractivity contribution < 1.29 is 0 Å². The first-order chi connectivity index (χ1) is 10.3. The molecule has 3 heteroatoms. The zero-order valence-corrected chi connectivity index (χ0v) is 13.4. The molecule has 1 aromatic heterocycles. The molecule has 0 aliphatic rings. The molecule has 0 fully saturated rings. The van der Waals surface area contributed by atoms with Crippen LogP contribution in [0, 0.1) is 0 Å². The quantitative estimate of drug-likeness (QED) is 0.556. The summed E-state index contributed by atoms with van der Waals surface area (Å²) in [6.45, 7) is 2.16. The van der Waals surface area contributed by atoms with Gasteiger partial charge in [-0.05, 0) is 12.0 Å². The number of nitrogens with zero attached hydrogens (tertiary/aromatic N) is 1. The SMILES string of the molecule is CCc1ccc(-c2nc(-c3ccccc3)c(CCl)s2)cc1. The normalized spacial score (nSPS) is 10.8. The van der Waals surface area contributed by atoms with Crippen LogP contribution in [0.5, 0.6) is 0 Å². The van der Waals surface area contributed by atoms with Crippen LogP contribution in [-0.4, -0.2) is 4.98 Å². The molecule has 3 rings (SSSR count). The zero-order valence-electron chi connectivity index (χ0n) is 11.8. The second-order valence-electron chi connectivity index (χ2n) is 4.84. The van der Waals surface area contributed by atoms with Crippen LogP contribution in [0.3, 0.4) is 0 Å². The third-order valence-electron chi connectivity index (χ3n) is 3.48. The molecule has 0 N–H and O–H groups in total. The van der Waals surface area contributed by atoms with Gasteiger partial charge < -0.3 is 0 Å². The van der Waals surface area contributed by atoms with E-state index in [0.29, 0.717) is 5.88 Å². The summed E-state index contributed by atoms with van der Waals surface area (Å²) in [6, 6.07) is 18.9. The van der Waals surface area contributed by atoms with E-state index in [1.807, 2.05) is 18.2 Å². The van der Waals surface area contributed by atoms with E-state index in [1.165, 1.54) is 5.56 Å². The van der Waals surface area contributed by atoms with Gasteiger partial charge in [0.25, 0.3) is 0 Å². The maximum absolute atomic E-state index is 6.10. The highest BCUT2D eigenvalue weighted by Gasteiger charge is 2.13. The van der Waals surface area contributed by atoms with Crippen LogP contribution < -0.4 is 0 Å². The minimum atomic E-state index is 0.495. The molecule has 0 atom stereocenters. The van der Waals surface area contributed by atoms with Gasteiger partial charge in [-0.3, -0.25) is 0 Å². The van der Waals surface area contributed by atoms with Crippen molar-refractivity contribution >= 4 is 22.9 Å². The van der Waals surface area contributed by atoms with Gasteiger partial charge in [-0.2, -0.15) is 0 Å². The van der Waals surface area contributed by atoms with Crippen LogP contribution in [0.1, 0.15) is 17.4 Å². The Morgan fingerprint density at radius 1 is 0.952 bits per heavy atom. The van der Waals surface area contributed by atoms with E-state index in [9.17, 15) is 0 Å². The van der Waals surface area contributed by atoms with Gasteiger partial charge in [0, 0.05) is 16.0 Å². The first-order valence-electron chi connectivity index (χ1n) is 7.02. The van der Waals surface area contributed by atoms with Crippen molar-refractivity contribution in [2.75, 3.05) is 0 Å². The van der Waals surface area contributed by atoms with E-state index in [-0.39, 0.29) is 0 Å². The van der Waals surface area contributed by atoms with E-state index in [4.69, 9.17) is 16.6 Å². The van der Waals surface area contributed by atoms with Gasteiger partial charge >= 0.3 is 0 Å². The predicted molar refractivity (Wildman–Crippen MR) is 91.9 cm³/mol. The minimum Gasteiger partial charge on any atom is -0.236 e. The number of hydrogen-bond acceptors (Lipinski definition) is 2. The summed E-state index contributed by atoms with van der Waals surface area (Å²) >= 11 is 7.78. The first-order valence-corrected chi connectivity index (χ1v) is 8.37. The summed E-state index contributed by atoms with van der Waals surface area (Å²) in [5.41, 5.74) is 4.63. The van der Waals surface area contributed by atoms with Gasteiger partial charge in [-0.1, -0.05) is 61.5 Å². The van der Waals surface area contributed by atoms with Crippen molar-refractivity contribution in [3.63, 3.8) is 0 Å². The Labute approximate surface area is 134 Å². The first kappa shape index (κ1) is 14.3. The predicted octanol–water partition coefficient (Wildman–Crippen LogP) is 5.78. The van der Waals surface area contributed by atoms with Crippen LogP contribution in [0.4, 0.5) is 0 Å². The smallest absolute Gasteiger partial charge is 0.124 e. The fourth-order valence-electron chi connectivity index (χ4n) is 2.27. The highest BCUT2D eigenvalue weighted by Crippen LogP contribution is 2.34. The van der Waals surface area contributed by atoms with Crippen molar-refractivity contribution in [3.05, 3.63) is 65.0 Å². The van der Waals surface area contributed by atoms with Crippen molar-refractivity contribution in [1.82, 2.24) is 4.98 Å². The summed E-state index contributed by atoms with van der Waals surface area (Å²) in [6.07, 6.45) is 1.06. The molecule has 0 radical (unpaired) electrons. The monoisotopic (exact) mass is 313 g/mol. The molecule has 0 bridgehead atoms.